The van der Waals surface area contributed by atoms with Gasteiger partial charge in [-0.2, -0.15) is 10.1 Å². The third-order valence-electron chi connectivity index (χ3n) is 3.59. The number of H-pyrrole nitrogens is 1. The third-order valence-corrected chi connectivity index (χ3v) is 3.59. The topological polar surface area (TPSA) is 97.1 Å². The van der Waals surface area contributed by atoms with E-state index in [1.54, 1.807) is 24.9 Å². The molecule has 1 aromatic carbocycles. The van der Waals surface area contributed by atoms with Gasteiger partial charge in [0.25, 0.3) is 5.56 Å². The van der Waals surface area contributed by atoms with Crippen LogP contribution in [0.4, 0.5) is 5.95 Å². The Bertz CT molecular complexity index is 1010. The average molecular weight is 312 g/mol. The highest BCUT2D eigenvalue weighted by molar-refractivity contribution is 5.80. The molecule has 23 heavy (non-hydrogen) atoms. The van der Waals surface area contributed by atoms with E-state index in [1.807, 2.05) is 31.2 Å². The van der Waals surface area contributed by atoms with Crippen LogP contribution in [0.5, 0.6) is 0 Å². The molecule has 8 nitrogen and oxygen atoms in total. The van der Waals surface area contributed by atoms with Gasteiger partial charge in [-0.05, 0) is 12.5 Å². The Balaban J connectivity index is 1.95. The molecular formula is C15H16N6O2. The van der Waals surface area contributed by atoms with E-state index in [2.05, 4.69) is 20.5 Å². The molecule has 0 unspecified atom stereocenters. The minimum Gasteiger partial charge on any atom is -0.306 e. The summed E-state index contributed by atoms with van der Waals surface area (Å²) in [7, 11) is 3.23. The highest BCUT2D eigenvalue weighted by Gasteiger charge is 2.14. The molecule has 0 amide bonds. The number of aromatic nitrogens is 4. The van der Waals surface area contributed by atoms with Gasteiger partial charge in [0.05, 0.1) is 6.21 Å². The Kier molecular flexibility index (Phi) is 3.57. The van der Waals surface area contributed by atoms with Crippen molar-refractivity contribution >= 4 is 23.3 Å². The summed E-state index contributed by atoms with van der Waals surface area (Å²) in [5.74, 6) is 0.370. The van der Waals surface area contributed by atoms with Crippen molar-refractivity contribution in [2.24, 2.45) is 19.2 Å². The van der Waals surface area contributed by atoms with Gasteiger partial charge in [0.15, 0.2) is 11.2 Å². The predicted molar refractivity (Wildman–Crippen MR) is 89.0 cm³/mol. The van der Waals surface area contributed by atoms with E-state index in [0.29, 0.717) is 17.1 Å². The Labute approximate surface area is 131 Å². The Morgan fingerprint density at radius 1 is 1.17 bits per heavy atom. The van der Waals surface area contributed by atoms with Gasteiger partial charge in [-0.1, -0.05) is 29.8 Å². The predicted octanol–water partition coefficient (Wildman–Crippen LogP) is 0.715. The number of aryl methyl sites for hydroxylation is 3. The Morgan fingerprint density at radius 2 is 1.87 bits per heavy atom. The van der Waals surface area contributed by atoms with Crippen molar-refractivity contribution in [2.45, 2.75) is 6.92 Å². The van der Waals surface area contributed by atoms with Crippen molar-refractivity contribution in [2.75, 3.05) is 5.43 Å². The summed E-state index contributed by atoms with van der Waals surface area (Å²) in [6.45, 7) is 2.01. The standard InChI is InChI=1S/C15H16N6O2/c1-9-4-6-10(7-5-9)8-16-19-14-17-12-11(20(14)2)13(22)18-15(23)21(12)3/h4-8H,1-3H3,(H,17,19)(H,18,22,23)/b16-8-. The molecule has 2 aromatic heterocycles. The van der Waals surface area contributed by atoms with Crippen molar-refractivity contribution in [3.05, 3.63) is 56.2 Å². The van der Waals surface area contributed by atoms with E-state index in [-0.39, 0.29) is 0 Å². The fourth-order valence-corrected chi connectivity index (χ4v) is 2.23. The van der Waals surface area contributed by atoms with E-state index >= 15 is 0 Å². The zero-order chi connectivity index (χ0) is 16.6. The molecule has 3 aromatic rings. The maximum absolute atomic E-state index is 11.9. The molecule has 0 fully saturated rings. The van der Waals surface area contributed by atoms with Crippen LogP contribution in [0.25, 0.3) is 11.2 Å². The summed E-state index contributed by atoms with van der Waals surface area (Å²) in [5.41, 5.74) is 4.53. The molecule has 3 rings (SSSR count). The number of nitrogens with zero attached hydrogens (tertiary/aromatic N) is 4. The number of nitrogens with one attached hydrogen (secondary N) is 2. The zero-order valence-corrected chi connectivity index (χ0v) is 13.0. The van der Waals surface area contributed by atoms with E-state index in [0.717, 1.165) is 5.56 Å². The molecule has 118 valence electrons. The largest absolute Gasteiger partial charge is 0.329 e. The van der Waals surface area contributed by atoms with Crippen molar-refractivity contribution in [1.29, 1.82) is 0 Å². The van der Waals surface area contributed by atoms with Crippen LogP contribution in [0.15, 0.2) is 39.0 Å². The van der Waals surface area contributed by atoms with Gasteiger partial charge in [0, 0.05) is 14.1 Å². The zero-order valence-electron chi connectivity index (χ0n) is 13.0. The number of hydrogen-bond acceptors (Lipinski definition) is 5. The maximum atomic E-state index is 11.9. The number of benzene rings is 1. The Hall–Kier alpha value is -3.16. The normalized spacial score (nSPS) is 11.4. The van der Waals surface area contributed by atoms with Crippen molar-refractivity contribution in [3.8, 4) is 0 Å². The highest BCUT2D eigenvalue weighted by atomic mass is 16.2. The van der Waals surface area contributed by atoms with Gasteiger partial charge in [-0.3, -0.25) is 14.3 Å². The van der Waals surface area contributed by atoms with Crippen molar-refractivity contribution < 1.29 is 0 Å². The molecule has 0 aliphatic carbocycles. The van der Waals surface area contributed by atoms with E-state index in [4.69, 9.17) is 0 Å². The lowest BCUT2D eigenvalue weighted by Gasteiger charge is -2.00. The maximum Gasteiger partial charge on any atom is 0.329 e. The summed E-state index contributed by atoms with van der Waals surface area (Å²) in [5, 5.41) is 4.12. The van der Waals surface area contributed by atoms with Crippen molar-refractivity contribution in [3.63, 3.8) is 0 Å². The number of hydrogen-bond donors (Lipinski definition) is 2. The lowest BCUT2D eigenvalue weighted by Crippen LogP contribution is -2.29. The van der Waals surface area contributed by atoms with Crippen LogP contribution < -0.4 is 16.7 Å². The molecule has 0 aliphatic rings. The number of imidazole rings is 1. The van der Waals surface area contributed by atoms with Gasteiger partial charge < -0.3 is 4.57 Å². The molecule has 0 radical (unpaired) electrons. The lowest BCUT2D eigenvalue weighted by molar-refractivity contribution is 0.829. The van der Waals surface area contributed by atoms with Crippen LogP contribution >= 0.6 is 0 Å². The molecule has 0 aliphatic heterocycles. The molecule has 2 heterocycles. The smallest absolute Gasteiger partial charge is 0.306 e. The molecule has 0 bridgehead atoms. The van der Waals surface area contributed by atoms with E-state index in [1.165, 1.54) is 10.1 Å². The second kappa shape index (κ2) is 5.56. The first-order chi connectivity index (χ1) is 11.0. The minimum absolute atomic E-state index is 0.300. The number of anilines is 1. The van der Waals surface area contributed by atoms with Crippen LogP contribution in [0.3, 0.4) is 0 Å². The average Bonchev–Trinajstić information content (AvgIpc) is 2.85. The number of rotatable bonds is 3. The third kappa shape index (κ3) is 2.66. The van der Waals surface area contributed by atoms with Crippen LogP contribution in [0.2, 0.25) is 0 Å². The van der Waals surface area contributed by atoms with Gasteiger partial charge in [0.1, 0.15) is 0 Å². The molecule has 0 spiro atoms. The second-order valence-corrected chi connectivity index (χ2v) is 5.27. The van der Waals surface area contributed by atoms with Crippen LogP contribution in [-0.4, -0.2) is 25.3 Å². The molecule has 8 heteroatoms. The van der Waals surface area contributed by atoms with Crippen LogP contribution in [0.1, 0.15) is 11.1 Å². The summed E-state index contributed by atoms with van der Waals surface area (Å²) in [6, 6.07) is 7.88. The molecular weight excluding hydrogens is 296 g/mol. The van der Waals surface area contributed by atoms with Gasteiger partial charge >= 0.3 is 5.69 Å². The van der Waals surface area contributed by atoms with Gasteiger partial charge in [-0.15, -0.1) is 0 Å². The summed E-state index contributed by atoms with van der Waals surface area (Å²) < 4.78 is 2.84. The van der Waals surface area contributed by atoms with E-state index < -0.39 is 11.2 Å². The fraction of sp³-hybridized carbons (Fsp3) is 0.200. The molecule has 0 saturated carbocycles. The number of aromatic amines is 1. The first kappa shape index (κ1) is 14.8. The van der Waals surface area contributed by atoms with E-state index in [9.17, 15) is 9.59 Å². The summed E-state index contributed by atoms with van der Waals surface area (Å²) in [6.07, 6.45) is 1.65. The van der Waals surface area contributed by atoms with Crippen molar-refractivity contribution in [1.82, 2.24) is 19.1 Å². The minimum atomic E-state index is -0.504. The number of hydrazone groups is 1. The van der Waals surface area contributed by atoms with Gasteiger partial charge in [0.2, 0.25) is 5.95 Å². The first-order valence-electron chi connectivity index (χ1n) is 6.99. The lowest BCUT2D eigenvalue weighted by atomic mass is 10.2. The quantitative estimate of drug-likeness (QED) is 0.550. The van der Waals surface area contributed by atoms with Gasteiger partial charge in [-0.25, -0.2) is 10.2 Å². The first-order valence-corrected chi connectivity index (χ1v) is 6.99. The Morgan fingerprint density at radius 3 is 2.57 bits per heavy atom. The summed E-state index contributed by atoms with van der Waals surface area (Å²) in [4.78, 5) is 30.0. The van der Waals surface area contributed by atoms with Crippen LogP contribution in [-0.2, 0) is 14.1 Å². The SMILES string of the molecule is Cc1ccc(/C=N\Nc2nc3c(c(=O)[nH]c(=O)n3C)n2C)cc1. The highest BCUT2D eigenvalue weighted by Crippen LogP contribution is 2.12. The fourth-order valence-electron chi connectivity index (χ4n) is 2.23. The number of fused-ring (bicyclic) bond motifs is 1. The molecule has 2 N–H and O–H groups in total. The molecule has 0 saturated heterocycles. The molecule has 0 atom stereocenters. The second-order valence-electron chi connectivity index (χ2n) is 5.27. The van der Waals surface area contributed by atoms with Crippen LogP contribution in [0, 0.1) is 6.92 Å². The summed E-state index contributed by atoms with van der Waals surface area (Å²) >= 11 is 0. The monoisotopic (exact) mass is 312 g/mol.